The van der Waals surface area contributed by atoms with Crippen LogP contribution in [-0.4, -0.2) is 55.8 Å². The van der Waals surface area contributed by atoms with Crippen LogP contribution in [0.15, 0.2) is 59.4 Å². The van der Waals surface area contributed by atoms with E-state index in [2.05, 4.69) is 39.9 Å². The van der Waals surface area contributed by atoms with Gasteiger partial charge in [-0.2, -0.15) is 5.26 Å². The fourth-order valence-electron chi connectivity index (χ4n) is 7.79. The Morgan fingerprint density at radius 2 is 1.51 bits per heavy atom. The maximum absolute atomic E-state index is 14.8. The molecule has 0 saturated carbocycles. The average Bonchev–Trinajstić information content (AvgIpc) is 3.08. The van der Waals surface area contributed by atoms with E-state index in [4.69, 9.17) is 0 Å². The third-order valence-corrected chi connectivity index (χ3v) is 10.7. The predicted octanol–water partition coefficient (Wildman–Crippen LogP) is 6.24. The van der Waals surface area contributed by atoms with E-state index in [1.165, 1.54) is 12.1 Å². The second-order valence-electron chi connectivity index (χ2n) is 13.3. The van der Waals surface area contributed by atoms with E-state index in [0.29, 0.717) is 29.9 Å². The highest BCUT2D eigenvalue weighted by molar-refractivity contribution is 5.99. The zero-order valence-corrected chi connectivity index (χ0v) is 27.0. The third kappa shape index (κ3) is 5.31. The number of benzene rings is 3. The van der Waals surface area contributed by atoms with Crippen LogP contribution in [0.2, 0.25) is 0 Å². The molecule has 4 aromatic rings. The summed E-state index contributed by atoms with van der Waals surface area (Å²) in [5.74, 6) is -0.548. The van der Waals surface area contributed by atoms with Crippen LogP contribution < -0.4 is 25.2 Å². The molecule has 0 aliphatic carbocycles. The molecule has 3 aliphatic rings. The summed E-state index contributed by atoms with van der Waals surface area (Å²) >= 11 is 0. The van der Waals surface area contributed by atoms with E-state index in [0.717, 1.165) is 91.6 Å². The standard InChI is InChI=1S/C36H38FN7O3/c1-24-18-28-32(40(3)35(24)45)21-27(22-33(28)43-17-16-39(2)31-6-4-25(23-38)19-34(31)43)41-12-8-36(9-13-41)10-14-42(15-11-36)30-7-5-26(44(46)47)20-29(30)37/h4-7,18-22H,8-17H2,1-3H3. The Bertz CT molecular complexity index is 2000. The Kier molecular flexibility index (Phi) is 7.54. The summed E-state index contributed by atoms with van der Waals surface area (Å²) in [7, 11) is 3.91. The maximum atomic E-state index is 14.8. The van der Waals surface area contributed by atoms with E-state index < -0.39 is 10.7 Å². The van der Waals surface area contributed by atoms with Crippen molar-refractivity contribution in [3.05, 3.63) is 92.0 Å². The normalized spacial score (nSPS) is 17.6. The molecule has 3 aromatic carbocycles. The molecule has 0 atom stereocenters. The molecule has 0 unspecified atom stereocenters. The number of nitrogens with zero attached hydrogens (tertiary/aromatic N) is 7. The van der Waals surface area contributed by atoms with Crippen LogP contribution in [-0.2, 0) is 7.05 Å². The molecule has 2 saturated heterocycles. The highest BCUT2D eigenvalue weighted by Crippen LogP contribution is 2.46. The highest BCUT2D eigenvalue weighted by atomic mass is 19.1. The van der Waals surface area contributed by atoms with Gasteiger partial charge >= 0.3 is 0 Å². The minimum atomic E-state index is -0.570. The number of piperidine rings is 2. The SMILES string of the molecule is Cc1cc2c(N3CCN(C)c4ccc(C#N)cc43)cc(N3CCC4(CC3)CCN(c3ccc([N+](=O)[O-])cc3F)CC4)cc2n(C)c1=O. The summed E-state index contributed by atoms with van der Waals surface area (Å²) < 4.78 is 16.5. The number of nitriles is 1. The van der Waals surface area contributed by atoms with Crippen LogP contribution in [0.5, 0.6) is 0 Å². The quantitative estimate of drug-likeness (QED) is 0.192. The zero-order chi connectivity index (χ0) is 33.0. The number of pyridine rings is 1. The van der Waals surface area contributed by atoms with Crippen molar-refractivity contribution in [1.29, 1.82) is 5.26 Å². The second kappa shape index (κ2) is 11.6. The molecule has 2 fully saturated rings. The summed E-state index contributed by atoms with van der Waals surface area (Å²) in [4.78, 5) is 32.5. The molecule has 242 valence electrons. The van der Waals surface area contributed by atoms with Crippen molar-refractivity contribution in [2.45, 2.75) is 32.6 Å². The lowest BCUT2D eigenvalue weighted by atomic mass is 9.71. The van der Waals surface area contributed by atoms with Crippen molar-refractivity contribution in [1.82, 2.24) is 4.57 Å². The van der Waals surface area contributed by atoms with Gasteiger partial charge in [-0.15, -0.1) is 0 Å². The monoisotopic (exact) mass is 635 g/mol. The van der Waals surface area contributed by atoms with Gasteiger partial charge in [0.05, 0.1) is 50.9 Å². The Labute approximate surface area is 273 Å². The first-order valence-corrected chi connectivity index (χ1v) is 16.2. The van der Waals surface area contributed by atoms with Crippen LogP contribution in [0.25, 0.3) is 10.9 Å². The minimum Gasteiger partial charge on any atom is -0.371 e. The number of halogens is 1. The Hall–Kier alpha value is -5.11. The van der Waals surface area contributed by atoms with Gasteiger partial charge in [-0.3, -0.25) is 14.9 Å². The molecule has 3 aliphatic heterocycles. The summed E-state index contributed by atoms with van der Waals surface area (Å²) in [6, 6.07) is 18.4. The summed E-state index contributed by atoms with van der Waals surface area (Å²) in [5.41, 5.74) is 6.67. The second-order valence-corrected chi connectivity index (χ2v) is 13.3. The van der Waals surface area contributed by atoms with Gasteiger partial charge < -0.3 is 24.2 Å². The smallest absolute Gasteiger partial charge is 0.272 e. The first-order chi connectivity index (χ1) is 22.6. The Balaban J connectivity index is 1.17. The minimum absolute atomic E-state index is 0.0139. The van der Waals surface area contributed by atoms with Gasteiger partial charge in [-0.05, 0) is 80.5 Å². The first kappa shape index (κ1) is 30.5. The fraction of sp³-hybridized carbons (Fsp3) is 0.389. The lowest BCUT2D eigenvalue weighted by Crippen LogP contribution is -2.47. The van der Waals surface area contributed by atoms with Crippen LogP contribution >= 0.6 is 0 Å². The maximum Gasteiger partial charge on any atom is 0.272 e. The van der Waals surface area contributed by atoms with Crippen molar-refractivity contribution in [2.75, 3.05) is 65.9 Å². The van der Waals surface area contributed by atoms with Gasteiger partial charge in [-0.1, -0.05) is 0 Å². The number of aromatic nitrogens is 1. The number of hydrogen-bond donors (Lipinski definition) is 0. The van der Waals surface area contributed by atoms with Gasteiger partial charge in [0.15, 0.2) is 5.82 Å². The summed E-state index contributed by atoms with van der Waals surface area (Å²) in [6.07, 6.45) is 3.89. The molecule has 0 amide bonds. The first-order valence-electron chi connectivity index (χ1n) is 16.2. The van der Waals surface area contributed by atoms with Crippen molar-refractivity contribution < 1.29 is 9.31 Å². The van der Waals surface area contributed by atoms with Gasteiger partial charge in [0.25, 0.3) is 11.2 Å². The van der Waals surface area contributed by atoms with E-state index >= 15 is 0 Å². The third-order valence-electron chi connectivity index (χ3n) is 10.7. The van der Waals surface area contributed by atoms with Crippen LogP contribution in [0, 0.1) is 39.6 Å². The van der Waals surface area contributed by atoms with Crippen LogP contribution in [0.3, 0.4) is 0 Å². The number of aryl methyl sites for hydroxylation is 2. The lowest BCUT2D eigenvalue weighted by molar-refractivity contribution is -0.385. The molecule has 0 bridgehead atoms. The molecule has 7 rings (SSSR count). The fourth-order valence-corrected chi connectivity index (χ4v) is 7.79. The van der Waals surface area contributed by atoms with Gasteiger partial charge in [-0.25, -0.2) is 4.39 Å². The average molecular weight is 636 g/mol. The number of fused-ring (bicyclic) bond motifs is 2. The van der Waals surface area contributed by atoms with Gasteiger partial charge in [0.2, 0.25) is 0 Å². The topological polar surface area (TPSA) is 102 Å². The zero-order valence-electron chi connectivity index (χ0n) is 27.0. The van der Waals surface area contributed by atoms with Crippen LogP contribution in [0.1, 0.15) is 36.8 Å². The molecule has 1 aromatic heterocycles. The van der Waals surface area contributed by atoms with E-state index in [9.17, 15) is 24.6 Å². The van der Waals surface area contributed by atoms with E-state index in [-0.39, 0.29) is 16.7 Å². The number of rotatable bonds is 4. The summed E-state index contributed by atoms with van der Waals surface area (Å²) in [6.45, 7) is 6.59. The largest absolute Gasteiger partial charge is 0.371 e. The molecule has 1 spiro atoms. The highest BCUT2D eigenvalue weighted by Gasteiger charge is 2.38. The molecular formula is C36H38FN7O3. The lowest BCUT2D eigenvalue weighted by Gasteiger charge is -2.48. The number of hydrogen-bond acceptors (Lipinski definition) is 8. The Morgan fingerprint density at radius 3 is 2.17 bits per heavy atom. The van der Waals surface area contributed by atoms with Crippen molar-refractivity contribution >= 4 is 45.0 Å². The van der Waals surface area contributed by atoms with Gasteiger partial charge in [0, 0.05) is 76.1 Å². The van der Waals surface area contributed by atoms with Crippen molar-refractivity contribution in [3.8, 4) is 6.07 Å². The molecule has 10 nitrogen and oxygen atoms in total. The Morgan fingerprint density at radius 1 is 0.830 bits per heavy atom. The molecule has 11 heteroatoms. The molecular weight excluding hydrogens is 597 g/mol. The number of likely N-dealkylation sites (N-methyl/N-ethyl adjacent to an activating group) is 1. The van der Waals surface area contributed by atoms with E-state index in [1.54, 1.807) is 4.57 Å². The molecule has 47 heavy (non-hydrogen) atoms. The number of nitro groups is 1. The molecule has 0 radical (unpaired) electrons. The number of anilines is 5. The van der Waals surface area contributed by atoms with E-state index in [1.807, 2.05) is 43.1 Å². The molecule has 0 N–H and O–H groups in total. The predicted molar refractivity (Wildman–Crippen MR) is 184 cm³/mol. The van der Waals surface area contributed by atoms with Gasteiger partial charge in [0.1, 0.15) is 0 Å². The van der Waals surface area contributed by atoms with Crippen molar-refractivity contribution in [2.24, 2.45) is 12.5 Å². The number of non-ortho nitro benzene ring substituents is 1. The molecule has 4 heterocycles. The number of nitro benzene ring substituents is 1. The summed E-state index contributed by atoms with van der Waals surface area (Å²) in [5, 5.41) is 21.8. The van der Waals surface area contributed by atoms with Crippen LogP contribution in [0.4, 0.5) is 38.5 Å². The van der Waals surface area contributed by atoms with Crippen molar-refractivity contribution in [3.63, 3.8) is 0 Å².